The summed E-state index contributed by atoms with van der Waals surface area (Å²) in [5, 5.41) is 8.80. The SMILES string of the molecule is CCc1ccc(OC)c(CCN(C)CCCO)c1. The zero-order valence-electron chi connectivity index (χ0n) is 11.8. The van der Waals surface area contributed by atoms with Gasteiger partial charge in [0.2, 0.25) is 0 Å². The van der Waals surface area contributed by atoms with E-state index in [-0.39, 0.29) is 6.61 Å². The number of aliphatic hydroxyl groups excluding tert-OH is 1. The maximum absolute atomic E-state index is 8.80. The fraction of sp³-hybridized carbons (Fsp3) is 0.600. The highest BCUT2D eigenvalue weighted by Crippen LogP contribution is 2.21. The van der Waals surface area contributed by atoms with E-state index in [2.05, 4.69) is 37.1 Å². The van der Waals surface area contributed by atoms with Crippen molar-refractivity contribution >= 4 is 0 Å². The zero-order chi connectivity index (χ0) is 13.4. The molecule has 102 valence electrons. The molecule has 1 aromatic carbocycles. The molecule has 0 saturated carbocycles. The minimum absolute atomic E-state index is 0.263. The molecule has 3 nitrogen and oxygen atoms in total. The molecular weight excluding hydrogens is 226 g/mol. The minimum Gasteiger partial charge on any atom is -0.496 e. The molecule has 0 aliphatic rings. The van der Waals surface area contributed by atoms with Gasteiger partial charge in [-0.05, 0) is 43.5 Å². The first-order valence-electron chi connectivity index (χ1n) is 6.66. The Morgan fingerprint density at radius 2 is 2.06 bits per heavy atom. The summed E-state index contributed by atoms with van der Waals surface area (Å²) in [6.07, 6.45) is 2.87. The standard InChI is InChI=1S/C15H25NO2/c1-4-13-6-7-15(18-3)14(12-13)8-10-16(2)9-5-11-17/h6-7,12,17H,4-5,8-11H2,1-3H3. The summed E-state index contributed by atoms with van der Waals surface area (Å²) in [6, 6.07) is 6.42. The van der Waals surface area contributed by atoms with E-state index in [1.165, 1.54) is 11.1 Å². The third-order valence-corrected chi connectivity index (χ3v) is 3.21. The fourth-order valence-corrected chi connectivity index (χ4v) is 2.01. The van der Waals surface area contributed by atoms with Crippen molar-refractivity contribution in [2.24, 2.45) is 0 Å². The van der Waals surface area contributed by atoms with Crippen LogP contribution in [-0.2, 0) is 12.8 Å². The quantitative estimate of drug-likeness (QED) is 0.768. The van der Waals surface area contributed by atoms with Crippen molar-refractivity contribution in [2.45, 2.75) is 26.2 Å². The Kier molecular flexibility index (Phi) is 6.76. The highest BCUT2D eigenvalue weighted by atomic mass is 16.5. The van der Waals surface area contributed by atoms with Gasteiger partial charge >= 0.3 is 0 Å². The second-order valence-corrected chi connectivity index (χ2v) is 4.63. The number of methoxy groups -OCH3 is 1. The number of hydrogen-bond acceptors (Lipinski definition) is 3. The molecule has 18 heavy (non-hydrogen) atoms. The Labute approximate surface area is 110 Å². The van der Waals surface area contributed by atoms with Crippen LogP contribution in [0.5, 0.6) is 5.75 Å². The second-order valence-electron chi connectivity index (χ2n) is 4.63. The lowest BCUT2D eigenvalue weighted by atomic mass is 10.0. The lowest BCUT2D eigenvalue weighted by molar-refractivity contribution is 0.248. The van der Waals surface area contributed by atoms with Crippen LogP contribution in [0.1, 0.15) is 24.5 Å². The lowest BCUT2D eigenvalue weighted by Crippen LogP contribution is -2.23. The summed E-state index contributed by atoms with van der Waals surface area (Å²) >= 11 is 0. The van der Waals surface area contributed by atoms with Crippen LogP contribution < -0.4 is 4.74 Å². The molecule has 3 heteroatoms. The van der Waals surface area contributed by atoms with Gasteiger partial charge in [-0.15, -0.1) is 0 Å². The Morgan fingerprint density at radius 3 is 2.67 bits per heavy atom. The summed E-state index contributed by atoms with van der Waals surface area (Å²) in [6.45, 7) is 4.35. The van der Waals surface area contributed by atoms with Crippen molar-refractivity contribution in [3.63, 3.8) is 0 Å². The van der Waals surface area contributed by atoms with E-state index in [1.807, 2.05) is 0 Å². The normalized spacial score (nSPS) is 10.9. The summed E-state index contributed by atoms with van der Waals surface area (Å²) < 4.78 is 5.40. The van der Waals surface area contributed by atoms with Gasteiger partial charge in [0.15, 0.2) is 0 Å². The van der Waals surface area contributed by atoms with Crippen molar-refractivity contribution in [2.75, 3.05) is 33.9 Å². The van der Waals surface area contributed by atoms with E-state index in [0.29, 0.717) is 0 Å². The Balaban J connectivity index is 2.59. The largest absolute Gasteiger partial charge is 0.496 e. The number of aryl methyl sites for hydroxylation is 1. The molecule has 0 heterocycles. The van der Waals surface area contributed by atoms with E-state index in [4.69, 9.17) is 9.84 Å². The van der Waals surface area contributed by atoms with Gasteiger partial charge in [-0.1, -0.05) is 19.1 Å². The maximum atomic E-state index is 8.80. The summed E-state index contributed by atoms with van der Waals surface area (Å²) in [5.41, 5.74) is 2.62. The molecular formula is C15H25NO2. The first kappa shape index (κ1) is 15.0. The van der Waals surface area contributed by atoms with Gasteiger partial charge in [-0.25, -0.2) is 0 Å². The van der Waals surface area contributed by atoms with Gasteiger partial charge in [0.05, 0.1) is 7.11 Å². The first-order chi connectivity index (χ1) is 8.71. The Morgan fingerprint density at radius 1 is 1.28 bits per heavy atom. The predicted molar refractivity (Wildman–Crippen MR) is 75.3 cm³/mol. The van der Waals surface area contributed by atoms with E-state index in [9.17, 15) is 0 Å². The molecule has 0 aliphatic heterocycles. The number of benzene rings is 1. The van der Waals surface area contributed by atoms with Crippen LogP contribution in [0.4, 0.5) is 0 Å². The van der Waals surface area contributed by atoms with Crippen LogP contribution in [0, 0.1) is 0 Å². The van der Waals surface area contributed by atoms with Gasteiger partial charge in [0.25, 0.3) is 0 Å². The molecule has 0 spiro atoms. The number of ether oxygens (including phenoxy) is 1. The number of nitrogens with zero attached hydrogens (tertiary/aromatic N) is 1. The minimum atomic E-state index is 0.263. The van der Waals surface area contributed by atoms with Gasteiger partial charge < -0.3 is 14.7 Å². The maximum Gasteiger partial charge on any atom is 0.122 e. The van der Waals surface area contributed by atoms with Crippen molar-refractivity contribution in [1.82, 2.24) is 4.90 Å². The molecule has 0 saturated heterocycles. The first-order valence-corrected chi connectivity index (χ1v) is 6.66. The van der Waals surface area contributed by atoms with E-state index in [1.54, 1.807) is 7.11 Å². The molecule has 0 aliphatic carbocycles. The van der Waals surface area contributed by atoms with Crippen LogP contribution in [0.25, 0.3) is 0 Å². The molecule has 1 rings (SSSR count). The molecule has 0 bridgehead atoms. The number of likely N-dealkylation sites (N-methyl/N-ethyl adjacent to an activating group) is 1. The fourth-order valence-electron chi connectivity index (χ4n) is 2.01. The van der Waals surface area contributed by atoms with E-state index in [0.717, 1.165) is 38.1 Å². The smallest absolute Gasteiger partial charge is 0.122 e. The van der Waals surface area contributed by atoms with Gasteiger partial charge in [0.1, 0.15) is 5.75 Å². The topological polar surface area (TPSA) is 32.7 Å². The van der Waals surface area contributed by atoms with Crippen LogP contribution >= 0.6 is 0 Å². The average molecular weight is 251 g/mol. The number of aliphatic hydroxyl groups is 1. The summed E-state index contributed by atoms with van der Waals surface area (Å²) in [7, 11) is 3.81. The van der Waals surface area contributed by atoms with E-state index < -0.39 is 0 Å². The zero-order valence-corrected chi connectivity index (χ0v) is 11.8. The molecule has 0 aromatic heterocycles. The van der Waals surface area contributed by atoms with Crippen molar-refractivity contribution in [3.05, 3.63) is 29.3 Å². The monoisotopic (exact) mass is 251 g/mol. The van der Waals surface area contributed by atoms with Crippen LogP contribution in [0.2, 0.25) is 0 Å². The molecule has 0 atom stereocenters. The highest BCUT2D eigenvalue weighted by Gasteiger charge is 2.05. The van der Waals surface area contributed by atoms with Gasteiger partial charge in [-0.2, -0.15) is 0 Å². The molecule has 0 amide bonds. The molecule has 0 fully saturated rings. The summed E-state index contributed by atoms with van der Waals surface area (Å²) in [4.78, 5) is 2.24. The second kappa shape index (κ2) is 8.11. The van der Waals surface area contributed by atoms with Crippen LogP contribution in [0.15, 0.2) is 18.2 Å². The third-order valence-electron chi connectivity index (χ3n) is 3.21. The van der Waals surface area contributed by atoms with Crippen LogP contribution in [0.3, 0.4) is 0 Å². The summed E-state index contributed by atoms with van der Waals surface area (Å²) in [5.74, 6) is 0.975. The average Bonchev–Trinajstić information content (AvgIpc) is 2.42. The highest BCUT2D eigenvalue weighted by molar-refractivity contribution is 5.37. The lowest BCUT2D eigenvalue weighted by Gasteiger charge is -2.17. The molecule has 1 N–H and O–H groups in total. The third kappa shape index (κ3) is 4.67. The Bertz CT molecular complexity index is 352. The van der Waals surface area contributed by atoms with Gasteiger partial charge in [0, 0.05) is 19.7 Å². The molecule has 0 unspecified atom stereocenters. The van der Waals surface area contributed by atoms with Crippen molar-refractivity contribution in [3.8, 4) is 5.75 Å². The predicted octanol–water partition coefficient (Wildman–Crippen LogP) is 2.11. The molecule has 1 aromatic rings. The molecule has 0 radical (unpaired) electrons. The van der Waals surface area contributed by atoms with E-state index >= 15 is 0 Å². The van der Waals surface area contributed by atoms with Crippen LogP contribution in [-0.4, -0.2) is 43.9 Å². The number of rotatable bonds is 8. The van der Waals surface area contributed by atoms with Crippen molar-refractivity contribution in [1.29, 1.82) is 0 Å². The van der Waals surface area contributed by atoms with Gasteiger partial charge in [-0.3, -0.25) is 0 Å². The Hall–Kier alpha value is -1.06. The number of hydrogen-bond donors (Lipinski definition) is 1. The van der Waals surface area contributed by atoms with Crippen molar-refractivity contribution < 1.29 is 9.84 Å².